The summed E-state index contributed by atoms with van der Waals surface area (Å²) in [5, 5.41) is 6.72. The lowest BCUT2D eigenvalue weighted by Crippen LogP contribution is -2.49. The van der Waals surface area contributed by atoms with Gasteiger partial charge in [0.2, 0.25) is 5.91 Å². The zero-order valence-electron chi connectivity index (χ0n) is 13.5. The molecule has 5 unspecified atom stereocenters. The monoisotopic (exact) mass is 294 g/mol. The van der Waals surface area contributed by atoms with Crippen LogP contribution in [0.4, 0.5) is 0 Å². The van der Waals surface area contributed by atoms with E-state index >= 15 is 0 Å². The van der Waals surface area contributed by atoms with Crippen LogP contribution in [0.15, 0.2) is 0 Å². The Morgan fingerprint density at radius 2 is 2.29 bits per heavy atom. The fraction of sp³-hybridized carbons (Fsp3) is 0.941. The highest BCUT2D eigenvalue weighted by molar-refractivity contribution is 5.83. The third-order valence-corrected chi connectivity index (χ3v) is 6.30. The molecule has 4 heteroatoms. The Balaban J connectivity index is 1.59. The van der Waals surface area contributed by atoms with E-state index < -0.39 is 0 Å². The minimum Gasteiger partial charge on any atom is -0.385 e. The number of nitrogens with one attached hydrogen (secondary N) is 2. The molecular formula is C17H30N2O2. The normalized spacial score (nSPS) is 39.6. The first-order chi connectivity index (χ1) is 10.1. The van der Waals surface area contributed by atoms with E-state index in [-0.39, 0.29) is 11.3 Å². The van der Waals surface area contributed by atoms with Gasteiger partial charge in [-0.05, 0) is 63.3 Å². The van der Waals surface area contributed by atoms with Gasteiger partial charge in [-0.15, -0.1) is 0 Å². The topological polar surface area (TPSA) is 50.4 Å². The first-order valence-electron chi connectivity index (χ1n) is 8.65. The van der Waals surface area contributed by atoms with Gasteiger partial charge in [0, 0.05) is 26.3 Å². The third kappa shape index (κ3) is 2.98. The van der Waals surface area contributed by atoms with Crippen molar-refractivity contribution in [2.24, 2.45) is 23.2 Å². The van der Waals surface area contributed by atoms with E-state index in [1.807, 2.05) is 0 Å². The van der Waals surface area contributed by atoms with E-state index in [1.165, 1.54) is 25.7 Å². The Morgan fingerprint density at radius 1 is 1.43 bits per heavy atom. The number of amides is 1. The van der Waals surface area contributed by atoms with E-state index in [9.17, 15) is 4.79 Å². The van der Waals surface area contributed by atoms with Gasteiger partial charge in [0.25, 0.3) is 0 Å². The Hall–Kier alpha value is -0.610. The Bertz CT molecular complexity index is 379. The number of rotatable bonds is 6. The first kappa shape index (κ1) is 15.3. The first-order valence-corrected chi connectivity index (χ1v) is 8.65. The number of ether oxygens (including phenoxy) is 1. The molecule has 0 radical (unpaired) electrons. The third-order valence-electron chi connectivity index (χ3n) is 6.30. The summed E-state index contributed by atoms with van der Waals surface area (Å²) in [7, 11) is 1.71. The Labute approximate surface area is 128 Å². The van der Waals surface area contributed by atoms with E-state index in [1.54, 1.807) is 7.11 Å². The van der Waals surface area contributed by atoms with Crippen molar-refractivity contribution >= 4 is 5.91 Å². The summed E-state index contributed by atoms with van der Waals surface area (Å²) in [6, 6.07) is 0.327. The van der Waals surface area contributed by atoms with Crippen LogP contribution in [0.5, 0.6) is 0 Å². The Morgan fingerprint density at radius 3 is 2.86 bits per heavy atom. The molecule has 0 spiro atoms. The number of fused-ring (bicyclic) bond motifs is 2. The lowest BCUT2D eigenvalue weighted by molar-refractivity contribution is -0.132. The maximum atomic E-state index is 12.8. The molecular weight excluding hydrogens is 264 g/mol. The van der Waals surface area contributed by atoms with Crippen LogP contribution in [-0.2, 0) is 9.53 Å². The van der Waals surface area contributed by atoms with Crippen LogP contribution in [0, 0.1) is 23.2 Å². The summed E-state index contributed by atoms with van der Waals surface area (Å²) < 4.78 is 5.22. The highest BCUT2D eigenvalue weighted by Gasteiger charge is 2.45. The van der Waals surface area contributed by atoms with Crippen molar-refractivity contribution in [1.82, 2.24) is 10.6 Å². The van der Waals surface area contributed by atoms with E-state index in [2.05, 4.69) is 17.6 Å². The molecule has 2 bridgehead atoms. The van der Waals surface area contributed by atoms with Gasteiger partial charge < -0.3 is 15.4 Å². The van der Waals surface area contributed by atoms with E-state index in [0.29, 0.717) is 18.6 Å². The van der Waals surface area contributed by atoms with Gasteiger partial charge in [-0.2, -0.15) is 0 Å². The largest absolute Gasteiger partial charge is 0.385 e. The fourth-order valence-electron chi connectivity index (χ4n) is 4.94. The summed E-state index contributed by atoms with van der Waals surface area (Å²) in [5.74, 6) is 2.76. The molecule has 21 heavy (non-hydrogen) atoms. The lowest BCUT2D eigenvalue weighted by atomic mass is 9.80. The summed E-state index contributed by atoms with van der Waals surface area (Å²) >= 11 is 0. The van der Waals surface area contributed by atoms with Crippen molar-refractivity contribution in [3.8, 4) is 0 Å². The van der Waals surface area contributed by atoms with Crippen LogP contribution in [0.1, 0.15) is 45.4 Å². The molecule has 2 N–H and O–H groups in total. The molecule has 1 saturated heterocycles. The molecule has 0 aromatic rings. The van der Waals surface area contributed by atoms with Gasteiger partial charge in [-0.1, -0.05) is 6.42 Å². The zero-order chi connectivity index (χ0) is 14.9. The minimum atomic E-state index is -0.248. The quantitative estimate of drug-likeness (QED) is 0.787. The standard InChI is InChI=1S/C17H30N2O2/c1-12(15-10-13-3-4-14(15)9-13)19-16(20)17(6-8-21-2)5-7-18-11-17/h12-15,18H,3-11H2,1-2H3,(H,19,20). The minimum absolute atomic E-state index is 0.248. The van der Waals surface area contributed by atoms with Crippen LogP contribution in [-0.4, -0.2) is 38.8 Å². The van der Waals surface area contributed by atoms with Crippen molar-refractivity contribution in [3.63, 3.8) is 0 Å². The molecule has 1 aliphatic heterocycles. The average molecular weight is 294 g/mol. The maximum absolute atomic E-state index is 12.8. The van der Waals surface area contributed by atoms with Gasteiger partial charge in [0.05, 0.1) is 5.41 Å². The highest BCUT2D eigenvalue weighted by atomic mass is 16.5. The van der Waals surface area contributed by atoms with Gasteiger partial charge in [0.15, 0.2) is 0 Å². The SMILES string of the molecule is COCCC1(C(=O)NC(C)C2CC3CCC2C3)CCNC1. The molecule has 3 aliphatic rings. The Kier molecular flexibility index (Phi) is 4.55. The second kappa shape index (κ2) is 6.25. The van der Waals surface area contributed by atoms with Crippen molar-refractivity contribution < 1.29 is 9.53 Å². The van der Waals surface area contributed by atoms with E-state index in [0.717, 1.165) is 37.8 Å². The number of methoxy groups -OCH3 is 1. The van der Waals surface area contributed by atoms with Crippen LogP contribution >= 0.6 is 0 Å². The van der Waals surface area contributed by atoms with Crippen molar-refractivity contribution in [1.29, 1.82) is 0 Å². The number of carbonyl (C=O) groups excluding carboxylic acids is 1. The highest BCUT2D eigenvalue weighted by Crippen LogP contribution is 2.49. The van der Waals surface area contributed by atoms with Gasteiger partial charge in [0.1, 0.15) is 0 Å². The molecule has 0 aromatic carbocycles. The second-order valence-corrected chi connectivity index (χ2v) is 7.55. The molecule has 5 atom stereocenters. The lowest BCUT2D eigenvalue weighted by Gasteiger charge is -2.33. The number of hydrogen-bond acceptors (Lipinski definition) is 3. The van der Waals surface area contributed by atoms with Gasteiger partial charge in [-0.3, -0.25) is 4.79 Å². The summed E-state index contributed by atoms with van der Waals surface area (Å²) in [5.41, 5.74) is -0.248. The van der Waals surface area contributed by atoms with Crippen molar-refractivity contribution in [2.75, 3.05) is 26.8 Å². The summed E-state index contributed by atoms with van der Waals surface area (Å²) in [6.45, 7) is 4.62. The molecule has 2 saturated carbocycles. The van der Waals surface area contributed by atoms with Crippen LogP contribution in [0.2, 0.25) is 0 Å². The number of hydrogen-bond donors (Lipinski definition) is 2. The molecule has 3 fully saturated rings. The molecule has 1 amide bonds. The smallest absolute Gasteiger partial charge is 0.227 e. The number of carbonyl (C=O) groups is 1. The van der Waals surface area contributed by atoms with Crippen LogP contribution in [0.25, 0.3) is 0 Å². The summed E-state index contributed by atoms with van der Waals surface area (Å²) in [4.78, 5) is 12.8. The second-order valence-electron chi connectivity index (χ2n) is 7.55. The van der Waals surface area contributed by atoms with Gasteiger partial charge >= 0.3 is 0 Å². The van der Waals surface area contributed by atoms with Crippen LogP contribution < -0.4 is 10.6 Å². The fourth-order valence-corrected chi connectivity index (χ4v) is 4.94. The molecule has 120 valence electrons. The van der Waals surface area contributed by atoms with Crippen LogP contribution in [0.3, 0.4) is 0 Å². The van der Waals surface area contributed by atoms with E-state index in [4.69, 9.17) is 4.74 Å². The molecule has 1 heterocycles. The predicted molar refractivity (Wildman–Crippen MR) is 83.0 cm³/mol. The maximum Gasteiger partial charge on any atom is 0.227 e. The molecule has 3 rings (SSSR count). The van der Waals surface area contributed by atoms with Crippen molar-refractivity contribution in [2.45, 2.75) is 51.5 Å². The van der Waals surface area contributed by atoms with Gasteiger partial charge in [-0.25, -0.2) is 0 Å². The molecule has 4 nitrogen and oxygen atoms in total. The summed E-state index contributed by atoms with van der Waals surface area (Å²) in [6.07, 6.45) is 7.30. The molecule has 0 aromatic heterocycles. The predicted octanol–water partition coefficient (Wildman–Crippen LogP) is 1.94. The zero-order valence-corrected chi connectivity index (χ0v) is 13.5. The average Bonchev–Trinajstić information content (AvgIpc) is 3.21. The molecule has 2 aliphatic carbocycles. The van der Waals surface area contributed by atoms with Crippen molar-refractivity contribution in [3.05, 3.63) is 0 Å².